The Morgan fingerprint density at radius 1 is 1.42 bits per heavy atom. The van der Waals surface area contributed by atoms with Crippen molar-refractivity contribution >= 4 is 21.6 Å². The first-order valence-electron chi connectivity index (χ1n) is 4.77. The molecular formula is C9H9NO8S. The Balaban J connectivity index is 3.51. The second-order valence-corrected chi connectivity index (χ2v) is 4.87. The molecule has 0 saturated carbocycles. The molecule has 1 aromatic carbocycles. The minimum absolute atomic E-state index is 0.596. The Morgan fingerprint density at radius 3 is 2.42 bits per heavy atom. The molecule has 1 atom stereocenters. The summed E-state index contributed by atoms with van der Waals surface area (Å²) in [5.74, 6) is -1.25. The van der Waals surface area contributed by atoms with Crippen molar-refractivity contribution in [2.45, 2.75) is 11.0 Å². The third-order valence-electron chi connectivity index (χ3n) is 2.19. The Morgan fingerprint density at radius 2 is 2.00 bits per heavy atom. The van der Waals surface area contributed by atoms with Crippen molar-refractivity contribution < 1.29 is 32.9 Å². The van der Waals surface area contributed by atoms with E-state index in [-0.39, 0.29) is 0 Å². The molecule has 0 aliphatic heterocycles. The van der Waals surface area contributed by atoms with E-state index in [2.05, 4.69) is 0 Å². The molecule has 0 bridgehead atoms. The topological polar surface area (TPSA) is 155 Å². The molecule has 1 aromatic rings. The highest BCUT2D eigenvalue weighted by Gasteiger charge is 2.27. The molecule has 0 aliphatic carbocycles. The van der Waals surface area contributed by atoms with Crippen LogP contribution in [0.4, 0.5) is 5.69 Å². The van der Waals surface area contributed by atoms with Gasteiger partial charge in [-0.1, -0.05) is 0 Å². The SMILES string of the molecule is O=C(c1cc([N+](=O)[O-])ccc1S(=O)(=O)O)C(O)CO. The molecule has 0 aliphatic rings. The van der Waals surface area contributed by atoms with Gasteiger partial charge in [-0.25, -0.2) is 0 Å². The van der Waals surface area contributed by atoms with Crippen molar-refractivity contribution in [3.63, 3.8) is 0 Å². The van der Waals surface area contributed by atoms with E-state index in [9.17, 15) is 23.3 Å². The van der Waals surface area contributed by atoms with Crippen LogP contribution in [-0.2, 0) is 10.1 Å². The van der Waals surface area contributed by atoms with E-state index in [1.165, 1.54) is 0 Å². The first-order valence-corrected chi connectivity index (χ1v) is 6.21. The number of non-ortho nitro benzene ring substituents is 1. The third kappa shape index (κ3) is 3.32. The fourth-order valence-corrected chi connectivity index (χ4v) is 1.99. The maximum atomic E-state index is 11.6. The van der Waals surface area contributed by atoms with Gasteiger partial charge in [0.15, 0.2) is 5.78 Å². The number of aliphatic hydroxyl groups excluding tert-OH is 2. The summed E-state index contributed by atoms with van der Waals surface area (Å²) in [6.07, 6.45) is -1.94. The van der Waals surface area contributed by atoms with Crippen LogP contribution in [-0.4, -0.2) is 46.6 Å². The van der Waals surface area contributed by atoms with Crippen molar-refractivity contribution in [2.24, 2.45) is 0 Å². The first-order chi connectivity index (χ1) is 8.68. The second-order valence-electron chi connectivity index (χ2n) is 3.48. The molecule has 1 unspecified atom stereocenters. The van der Waals surface area contributed by atoms with Gasteiger partial charge in [-0.2, -0.15) is 8.42 Å². The summed E-state index contributed by atoms with van der Waals surface area (Å²) in [6.45, 7) is -0.994. The summed E-state index contributed by atoms with van der Waals surface area (Å²) in [7, 11) is -4.80. The predicted molar refractivity (Wildman–Crippen MR) is 60.3 cm³/mol. The minimum atomic E-state index is -4.80. The summed E-state index contributed by atoms with van der Waals surface area (Å²) in [4.78, 5) is 20.4. The molecule has 0 heterocycles. The van der Waals surface area contributed by atoms with Gasteiger partial charge in [-0.3, -0.25) is 19.5 Å². The number of hydrogen-bond donors (Lipinski definition) is 3. The molecule has 1 rings (SSSR count). The molecule has 0 amide bonds. The van der Waals surface area contributed by atoms with Gasteiger partial charge in [0.1, 0.15) is 11.0 Å². The molecule has 0 radical (unpaired) electrons. The summed E-state index contributed by atoms with van der Waals surface area (Å²) in [5, 5.41) is 28.3. The minimum Gasteiger partial charge on any atom is -0.393 e. The van der Waals surface area contributed by atoms with Gasteiger partial charge in [-0.15, -0.1) is 0 Å². The summed E-state index contributed by atoms with van der Waals surface area (Å²) < 4.78 is 31.0. The van der Waals surface area contributed by atoms with Gasteiger partial charge < -0.3 is 10.2 Å². The number of carbonyl (C=O) groups excluding carboxylic acids is 1. The monoisotopic (exact) mass is 291 g/mol. The highest BCUT2D eigenvalue weighted by molar-refractivity contribution is 7.86. The highest BCUT2D eigenvalue weighted by Crippen LogP contribution is 2.23. The van der Waals surface area contributed by atoms with E-state index in [0.29, 0.717) is 12.1 Å². The maximum absolute atomic E-state index is 11.6. The smallest absolute Gasteiger partial charge is 0.295 e. The van der Waals surface area contributed by atoms with E-state index < -0.39 is 49.7 Å². The van der Waals surface area contributed by atoms with Gasteiger partial charge in [0.05, 0.1) is 11.5 Å². The van der Waals surface area contributed by atoms with Crippen molar-refractivity contribution in [3.8, 4) is 0 Å². The molecule has 0 aromatic heterocycles. The highest BCUT2D eigenvalue weighted by atomic mass is 32.2. The van der Waals surface area contributed by atoms with Crippen molar-refractivity contribution in [1.82, 2.24) is 0 Å². The van der Waals surface area contributed by atoms with Crippen molar-refractivity contribution in [1.29, 1.82) is 0 Å². The van der Waals surface area contributed by atoms with Gasteiger partial charge >= 0.3 is 0 Å². The number of rotatable bonds is 5. The van der Waals surface area contributed by atoms with Crippen LogP contribution in [0.2, 0.25) is 0 Å². The number of ketones is 1. The largest absolute Gasteiger partial charge is 0.393 e. The van der Waals surface area contributed by atoms with Crippen LogP contribution < -0.4 is 0 Å². The average Bonchev–Trinajstić information content (AvgIpc) is 2.35. The van der Waals surface area contributed by atoms with Crippen molar-refractivity contribution in [2.75, 3.05) is 6.61 Å². The van der Waals surface area contributed by atoms with Crippen LogP contribution >= 0.6 is 0 Å². The fraction of sp³-hybridized carbons (Fsp3) is 0.222. The zero-order chi connectivity index (χ0) is 14.8. The Bertz CT molecular complexity index is 623. The van der Waals surface area contributed by atoms with E-state index in [0.717, 1.165) is 6.07 Å². The van der Waals surface area contributed by atoms with Crippen LogP contribution in [0.5, 0.6) is 0 Å². The average molecular weight is 291 g/mol. The predicted octanol–water partition coefficient (Wildman–Crippen LogP) is -0.623. The van der Waals surface area contributed by atoms with Crippen LogP contribution in [0.1, 0.15) is 10.4 Å². The number of nitro benzene ring substituents is 1. The van der Waals surface area contributed by atoms with Gasteiger partial charge in [0.25, 0.3) is 15.8 Å². The van der Waals surface area contributed by atoms with E-state index in [4.69, 9.17) is 14.8 Å². The lowest BCUT2D eigenvalue weighted by Crippen LogP contribution is -2.26. The summed E-state index contributed by atoms with van der Waals surface area (Å²) in [6, 6.07) is 2.06. The molecule has 0 saturated heterocycles. The van der Waals surface area contributed by atoms with Crippen LogP contribution in [0, 0.1) is 10.1 Å². The number of carbonyl (C=O) groups is 1. The molecule has 0 fully saturated rings. The van der Waals surface area contributed by atoms with Crippen LogP contribution in [0.3, 0.4) is 0 Å². The second kappa shape index (κ2) is 5.40. The molecule has 104 valence electrons. The molecule has 0 spiro atoms. The molecule has 10 heteroatoms. The lowest BCUT2D eigenvalue weighted by atomic mass is 10.1. The maximum Gasteiger partial charge on any atom is 0.295 e. The van der Waals surface area contributed by atoms with E-state index in [1.54, 1.807) is 0 Å². The van der Waals surface area contributed by atoms with Crippen LogP contribution in [0.25, 0.3) is 0 Å². The van der Waals surface area contributed by atoms with Crippen LogP contribution in [0.15, 0.2) is 23.1 Å². The number of Topliss-reactive ketones (excluding diaryl/α,β-unsaturated/α-hetero) is 1. The lowest BCUT2D eigenvalue weighted by molar-refractivity contribution is -0.384. The molecule has 19 heavy (non-hydrogen) atoms. The zero-order valence-electron chi connectivity index (χ0n) is 9.25. The Hall–Kier alpha value is -1.88. The first kappa shape index (κ1) is 15.2. The quantitative estimate of drug-likeness (QED) is 0.280. The molecule has 3 N–H and O–H groups in total. The fourth-order valence-electron chi connectivity index (χ4n) is 1.31. The summed E-state index contributed by atoms with van der Waals surface area (Å²) in [5.41, 5.74) is -1.36. The number of nitrogens with zero attached hydrogens (tertiary/aromatic N) is 1. The van der Waals surface area contributed by atoms with Gasteiger partial charge in [0, 0.05) is 17.7 Å². The third-order valence-corrected chi connectivity index (χ3v) is 3.10. The number of nitro groups is 1. The molecular weight excluding hydrogens is 282 g/mol. The van der Waals surface area contributed by atoms with E-state index >= 15 is 0 Å². The Kier molecular flexibility index (Phi) is 4.32. The Labute approximate surface area is 107 Å². The van der Waals surface area contributed by atoms with Gasteiger partial charge in [-0.05, 0) is 6.07 Å². The number of hydrogen-bond acceptors (Lipinski definition) is 7. The van der Waals surface area contributed by atoms with Crippen molar-refractivity contribution in [3.05, 3.63) is 33.9 Å². The van der Waals surface area contributed by atoms with Gasteiger partial charge in [0.2, 0.25) is 0 Å². The number of benzene rings is 1. The number of aliphatic hydroxyl groups is 2. The molecule has 9 nitrogen and oxygen atoms in total. The lowest BCUT2D eigenvalue weighted by Gasteiger charge is -2.09. The summed E-state index contributed by atoms with van der Waals surface area (Å²) >= 11 is 0. The zero-order valence-corrected chi connectivity index (χ0v) is 10.1. The standard InChI is InChI=1S/C9H9NO8S/c11-4-7(12)9(13)6-3-5(10(14)15)1-2-8(6)19(16,17)18/h1-3,7,11-12H,4H2,(H,16,17,18). The normalized spacial score (nSPS) is 13.0. The van der Waals surface area contributed by atoms with E-state index in [1.807, 2.05) is 0 Å².